The lowest BCUT2D eigenvalue weighted by Crippen LogP contribution is -1.99. The molecule has 88 valence electrons. The molecule has 0 saturated heterocycles. The van der Waals surface area contributed by atoms with E-state index in [-0.39, 0.29) is 11.6 Å². The summed E-state index contributed by atoms with van der Waals surface area (Å²) in [7, 11) is 0. The average molecular weight is 296 g/mol. The first-order valence-corrected chi connectivity index (χ1v) is 5.91. The van der Waals surface area contributed by atoms with Crippen molar-refractivity contribution in [2.75, 3.05) is 5.32 Å². The summed E-state index contributed by atoms with van der Waals surface area (Å²) in [5.74, 6) is -0.0414. The fourth-order valence-electron chi connectivity index (χ4n) is 1.43. The van der Waals surface area contributed by atoms with Crippen LogP contribution in [0.5, 0.6) is 5.75 Å². The van der Waals surface area contributed by atoms with Crippen LogP contribution in [0.1, 0.15) is 5.56 Å². The van der Waals surface area contributed by atoms with E-state index in [1.807, 2.05) is 6.07 Å². The van der Waals surface area contributed by atoms with Crippen molar-refractivity contribution in [3.63, 3.8) is 0 Å². The molecule has 17 heavy (non-hydrogen) atoms. The Bertz CT molecular complexity index is 513. The van der Waals surface area contributed by atoms with E-state index in [1.165, 1.54) is 6.07 Å². The minimum absolute atomic E-state index is 0.227. The van der Waals surface area contributed by atoms with Crippen molar-refractivity contribution in [1.82, 2.24) is 0 Å². The van der Waals surface area contributed by atoms with Crippen molar-refractivity contribution in [3.8, 4) is 5.75 Å². The Balaban J connectivity index is 2.02. The van der Waals surface area contributed by atoms with E-state index in [0.717, 1.165) is 11.3 Å². The highest BCUT2D eigenvalue weighted by Gasteiger charge is 2.00. The molecule has 0 saturated carbocycles. The van der Waals surface area contributed by atoms with Gasteiger partial charge < -0.3 is 10.4 Å². The second-order valence-corrected chi connectivity index (χ2v) is 4.50. The molecule has 2 nitrogen and oxygen atoms in total. The molecule has 0 atom stereocenters. The van der Waals surface area contributed by atoms with Crippen molar-refractivity contribution in [2.45, 2.75) is 6.54 Å². The molecule has 2 aromatic rings. The van der Waals surface area contributed by atoms with Gasteiger partial charge in [0.05, 0.1) is 4.47 Å². The molecular formula is C13H11BrFNO. The number of benzene rings is 2. The van der Waals surface area contributed by atoms with Crippen LogP contribution in [0.2, 0.25) is 0 Å². The van der Waals surface area contributed by atoms with Crippen molar-refractivity contribution < 1.29 is 9.50 Å². The molecule has 0 spiro atoms. The Morgan fingerprint density at radius 2 is 1.82 bits per heavy atom. The number of nitrogens with one attached hydrogen (secondary N) is 1. The summed E-state index contributed by atoms with van der Waals surface area (Å²) in [5, 5.41) is 12.3. The summed E-state index contributed by atoms with van der Waals surface area (Å²) < 4.78 is 13.7. The second-order valence-electron chi connectivity index (χ2n) is 3.65. The SMILES string of the molecule is Oc1ccc(NCc2ccc(Br)c(F)c2)cc1. The molecule has 2 rings (SSSR count). The monoisotopic (exact) mass is 295 g/mol. The average Bonchev–Trinajstić information content (AvgIpc) is 2.33. The molecule has 2 aromatic carbocycles. The van der Waals surface area contributed by atoms with Crippen LogP contribution >= 0.6 is 15.9 Å². The lowest BCUT2D eigenvalue weighted by atomic mass is 10.2. The van der Waals surface area contributed by atoms with Gasteiger partial charge in [-0.25, -0.2) is 4.39 Å². The molecule has 0 amide bonds. The summed E-state index contributed by atoms with van der Waals surface area (Å²) >= 11 is 3.11. The van der Waals surface area contributed by atoms with Crippen LogP contribution in [0.4, 0.5) is 10.1 Å². The van der Waals surface area contributed by atoms with Gasteiger partial charge in [-0.2, -0.15) is 0 Å². The molecule has 4 heteroatoms. The molecule has 0 bridgehead atoms. The van der Waals surface area contributed by atoms with Crippen LogP contribution in [0.3, 0.4) is 0 Å². The predicted octanol–water partition coefficient (Wildman–Crippen LogP) is 3.91. The van der Waals surface area contributed by atoms with Crippen molar-refractivity contribution >= 4 is 21.6 Å². The van der Waals surface area contributed by atoms with Crippen molar-refractivity contribution in [3.05, 3.63) is 58.3 Å². The Kier molecular flexibility index (Phi) is 3.64. The third kappa shape index (κ3) is 3.20. The molecule has 0 heterocycles. The highest BCUT2D eigenvalue weighted by Crippen LogP contribution is 2.18. The van der Waals surface area contributed by atoms with E-state index < -0.39 is 0 Å². The lowest BCUT2D eigenvalue weighted by Gasteiger charge is -2.07. The highest BCUT2D eigenvalue weighted by molar-refractivity contribution is 9.10. The summed E-state index contributed by atoms with van der Waals surface area (Å²) in [6.45, 7) is 0.537. The lowest BCUT2D eigenvalue weighted by molar-refractivity contribution is 0.475. The normalized spacial score (nSPS) is 10.2. The molecule has 0 aliphatic carbocycles. The van der Waals surface area contributed by atoms with Crippen LogP contribution in [0.25, 0.3) is 0 Å². The van der Waals surface area contributed by atoms with E-state index >= 15 is 0 Å². The predicted molar refractivity (Wildman–Crippen MR) is 69.5 cm³/mol. The van der Waals surface area contributed by atoms with Gasteiger partial charge >= 0.3 is 0 Å². The number of rotatable bonds is 3. The summed E-state index contributed by atoms with van der Waals surface area (Å²) in [6.07, 6.45) is 0. The first-order chi connectivity index (χ1) is 8.15. The van der Waals surface area contributed by atoms with E-state index in [4.69, 9.17) is 5.11 Å². The number of anilines is 1. The number of hydrogen-bond donors (Lipinski definition) is 2. The topological polar surface area (TPSA) is 32.3 Å². The summed E-state index contributed by atoms with van der Waals surface area (Å²) in [5.41, 5.74) is 1.74. The maximum atomic E-state index is 13.3. The van der Waals surface area contributed by atoms with Gasteiger partial charge in [0.15, 0.2) is 0 Å². The number of phenols is 1. The third-order valence-corrected chi connectivity index (χ3v) is 2.99. The fraction of sp³-hybridized carbons (Fsp3) is 0.0769. The molecule has 2 N–H and O–H groups in total. The minimum atomic E-state index is -0.269. The third-order valence-electron chi connectivity index (χ3n) is 2.35. The molecule has 0 radical (unpaired) electrons. The minimum Gasteiger partial charge on any atom is -0.508 e. The number of hydrogen-bond acceptors (Lipinski definition) is 2. The van der Waals surface area contributed by atoms with Crippen LogP contribution < -0.4 is 5.32 Å². The van der Waals surface area contributed by atoms with Gasteiger partial charge in [-0.15, -0.1) is 0 Å². The highest BCUT2D eigenvalue weighted by atomic mass is 79.9. The summed E-state index contributed by atoms with van der Waals surface area (Å²) in [4.78, 5) is 0. The van der Waals surface area contributed by atoms with Gasteiger partial charge in [0.1, 0.15) is 11.6 Å². The molecule has 0 aliphatic rings. The second kappa shape index (κ2) is 5.19. The summed E-state index contributed by atoms with van der Waals surface area (Å²) in [6, 6.07) is 11.8. The van der Waals surface area contributed by atoms with Crippen LogP contribution in [0.15, 0.2) is 46.9 Å². The van der Waals surface area contributed by atoms with E-state index in [0.29, 0.717) is 11.0 Å². The van der Waals surface area contributed by atoms with Crippen LogP contribution in [-0.4, -0.2) is 5.11 Å². The van der Waals surface area contributed by atoms with Gasteiger partial charge in [-0.1, -0.05) is 6.07 Å². The molecular weight excluding hydrogens is 285 g/mol. The van der Waals surface area contributed by atoms with Gasteiger partial charge in [-0.05, 0) is 57.9 Å². The molecule has 0 fully saturated rings. The largest absolute Gasteiger partial charge is 0.508 e. The van der Waals surface area contributed by atoms with Crippen molar-refractivity contribution in [2.24, 2.45) is 0 Å². The van der Waals surface area contributed by atoms with E-state index in [1.54, 1.807) is 30.3 Å². The maximum absolute atomic E-state index is 13.3. The van der Waals surface area contributed by atoms with E-state index in [2.05, 4.69) is 21.2 Å². The van der Waals surface area contributed by atoms with Gasteiger partial charge in [-0.3, -0.25) is 0 Å². The number of aromatic hydroxyl groups is 1. The van der Waals surface area contributed by atoms with Crippen LogP contribution in [-0.2, 0) is 6.54 Å². The first-order valence-electron chi connectivity index (χ1n) is 5.12. The smallest absolute Gasteiger partial charge is 0.137 e. The quantitative estimate of drug-likeness (QED) is 0.842. The molecule has 0 aliphatic heterocycles. The van der Waals surface area contributed by atoms with Crippen LogP contribution in [0, 0.1) is 5.82 Å². The van der Waals surface area contributed by atoms with E-state index in [9.17, 15) is 4.39 Å². The Morgan fingerprint density at radius 1 is 1.12 bits per heavy atom. The standard InChI is InChI=1S/C13H11BrFNO/c14-12-6-1-9(7-13(12)15)8-16-10-2-4-11(17)5-3-10/h1-7,16-17H,8H2. The first kappa shape index (κ1) is 11.9. The Hall–Kier alpha value is -1.55. The Labute approximate surface area is 107 Å². The molecule has 0 unspecified atom stereocenters. The Morgan fingerprint density at radius 3 is 2.47 bits per heavy atom. The fourth-order valence-corrected chi connectivity index (χ4v) is 1.68. The van der Waals surface area contributed by atoms with Gasteiger partial charge in [0.2, 0.25) is 0 Å². The number of halogens is 2. The van der Waals surface area contributed by atoms with Gasteiger partial charge in [0, 0.05) is 12.2 Å². The molecule has 0 aromatic heterocycles. The van der Waals surface area contributed by atoms with Gasteiger partial charge in [0.25, 0.3) is 0 Å². The zero-order valence-electron chi connectivity index (χ0n) is 8.95. The zero-order valence-corrected chi connectivity index (χ0v) is 10.5. The van der Waals surface area contributed by atoms with Crippen molar-refractivity contribution in [1.29, 1.82) is 0 Å². The zero-order chi connectivity index (χ0) is 12.3. The number of phenolic OH excluding ortho intramolecular Hbond substituents is 1. The maximum Gasteiger partial charge on any atom is 0.137 e.